The van der Waals surface area contributed by atoms with Gasteiger partial charge in [0.15, 0.2) is 5.69 Å². The highest BCUT2D eigenvalue weighted by Gasteiger charge is 2.20. The molecule has 1 heterocycles. The van der Waals surface area contributed by atoms with Gasteiger partial charge in [0.25, 0.3) is 0 Å². The molecule has 0 radical (unpaired) electrons. The highest BCUT2D eigenvalue weighted by Crippen LogP contribution is 2.18. The first-order valence-corrected chi connectivity index (χ1v) is 7.53. The number of anilines is 1. The van der Waals surface area contributed by atoms with Crippen molar-refractivity contribution in [2.45, 2.75) is 59.9 Å². The summed E-state index contributed by atoms with van der Waals surface area (Å²) in [5.74, 6) is 1.58. The zero-order valence-corrected chi connectivity index (χ0v) is 13.1. The van der Waals surface area contributed by atoms with Crippen LogP contribution in [0.2, 0.25) is 0 Å². The van der Waals surface area contributed by atoms with E-state index in [2.05, 4.69) is 18.8 Å². The summed E-state index contributed by atoms with van der Waals surface area (Å²) in [6.07, 6.45) is 4.18. The second-order valence-electron chi connectivity index (χ2n) is 5.38. The van der Waals surface area contributed by atoms with Gasteiger partial charge in [-0.25, -0.2) is 9.78 Å². The fraction of sp³-hybridized carbons (Fsp3) is 0.733. The molecule has 114 valence electrons. The van der Waals surface area contributed by atoms with Gasteiger partial charge < -0.3 is 15.0 Å². The van der Waals surface area contributed by atoms with Gasteiger partial charge in [0.1, 0.15) is 11.6 Å². The molecule has 0 atom stereocenters. The van der Waals surface area contributed by atoms with E-state index >= 15 is 0 Å². The summed E-state index contributed by atoms with van der Waals surface area (Å²) in [6, 6.07) is 0. The highest BCUT2D eigenvalue weighted by atomic mass is 16.5. The molecule has 0 unspecified atom stereocenters. The van der Waals surface area contributed by atoms with Crippen LogP contribution in [0.5, 0.6) is 0 Å². The molecular formula is C15H27N3O2. The largest absolute Gasteiger partial charge is 0.461 e. The number of imidazole rings is 1. The number of aryl methyl sites for hydroxylation is 1. The number of aromatic nitrogens is 2. The first-order chi connectivity index (χ1) is 9.51. The van der Waals surface area contributed by atoms with Crippen molar-refractivity contribution in [3.8, 4) is 0 Å². The van der Waals surface area contributed by atoms with E-state index in [4.69, 9.17) is 10.5 Å². The first-order valence-electron chi connectivity index (χ1n) is 7.53. The van der Waals surface area contributed by atoms with Crippen LogP contribution in [-0.4, -0.2) is 22.1 Å². The minimum atomic E-state index is -0.430. The Labute approximate surface area is 121 Å². The molecule has 1 aromatic rings. The summed E-state index contributed by atoms with van der Waals surface area (Å²) in [5.41, 5.74) is 6.31. The van der Waals surface area contributed by atoms with Crippen molar-refractivity contribution in [1.82, 2.24) is 9.55 Å². The topological polar surface area (TPSA) is 70.1 Å². The number of esters is 1. The van der Waals surface area contributed by atoms with E-state index in [1.807, 2.05) is 11.5 Å². The van der Waals surface area contributed by atoms with E-state index in [1.54, 1.807) is 6.92 Å². The lowest BCUT2D eigenvalue weighted by Gasteiger charge is -2.09. The van der Waals surface area contributed by atoms with Crippen LogP contribution in [0.3, 0.4) is 0 Å². The van der Waals surface area contributed by atoms with Gasteiger partial charge in [0.2, 0.25) is 0 Å². The third-order valence-corrected chi connectivity index (χ3v) is 3.28. The van der Waals surface area contributed by atoms with Crippen LogP contribution >= 0.6 is 0 Å². The summed E-state index contributed by atoms with van der Waals surface area (Å²) in [7, 11) is 0. The summed E-state index contributed by atoms with van der Waals surface area (Å²) >= 11 is 0. The van der Waals surface area contributed by atoms with Crippen molar-refractivity contribution in [2.75, 3.05) is 12.3 Å². The third kappa shape index (κ3) is 4.25. The molecule has 1 aromatic heterocycles. The average Bonchev–Trinajstić information content (AvgIpc) is 2.71. The fourth-order valence-corrected chi connectivity index (χ4v) is 2.21. The Morgan fingerprint density at radius 2 is 2.05 bits per heavy atom. The second-order valence-corrected chi connectivity index (χ2v) is 5.38. The minimum Gasteiger partial charge on any atom is -0.461 e. The smallest absolute Gasteiger partial charge is 0.360 e. The summed E-state index contributed by atoms with van der Waals surface area (Å²) in [5, 5.41) is 0. The van der Waals surface area contributed by atoms with Crippen molar-refractivity contribution >= 4 is 11.8 Å². The molecule has 0 aromatic carbocycles. The molecule has 0 saturated carbocycles. The SMILES string of the molecule is CCOC(=O)c1nc(CC)n(CCCCC(C)C)c1N. The number of carbonyl (C=O) groups excluding carboxylic acids is 1. The van der Waals surface area contributed by atoms with E-state index < -0.39 is 5.97 Å². The maximum Gasteiger partial charge on any atom is 0.360 e. The van der Waals surface area contributed by atoms with Crippen molar-refractivity contribution in [2.24, 2.45) is 5.92 Å². The van der Waals surface area contributed by atoms with Crippen molar-refractivity contribution in [3.63, 3.8) is 0 Å². The van der Waals surface area contributed by atoms with Crippen LogP contribution in [0.4, 0.5) is 5.82 Å². The van der Waals surface area contributed by atoms with Crippen molar-refractivity contribution in [3.05, 3.63) is 11.5 Å². The second kappa shape index (κ2) is 7.92. The Hall–Kier alpha value is -1.52. The van der Waals surface area contributed by atoms with Crippen molar-refractivity contribution < 1.29 is 9.53 Å². The number of nitrogens with two attached hydrogens (primary N) is 1. The van der Waals surface area contributed by atoms with Crippen LogP contribution in [0.25, 0.3) is 0 Å². The zero-order chi connectivity index (χ0) is 15.1. The molecule has 0 aliphatic heterocycles. The number of hydrogen-bond acceptors (Lipinski definition) is 4. The van der Waals surface area contributed by atoms with E-state index in [0.29, 0.717) is 12.4 Å². The molecule has 0 fully saturated rings. The average molecular weight is 281 g/mol. The van der Waals surface area contributed by atoms with Gasteiger partial charge in [-0.15, -0.1) is 0 Å². The first kappa shape index (κ1) is 16.5. The summed E-state index contributed by atoms with van der Waals surface area (Å²) in [4.78, 5) is 16.1. The van der Waals surface area contributed by atoms with Crippen LogP contribution in [0.15, 0.2) is 0 Å². The van der Waals surface area contributed by atoms with Gasteiger partial charge in [-0.2, -0.15) is 0 Å². The quantitative estimate of drug-likeness (QED) is 0.587. The Bertz CT molecular complexity index is 439. The number of carbonyl (C=O) groups is 1. The maximum atomic E-state index is 11.8. The predicted octanol–water partition coefficient (Wildman–Crippen LogP) is 3.03. The lowest BCUT2D eigenvalue weighted by Crippen LogP contribution is -2.10. The molecular weight excluding hydrogens is 254 g/mol. The van der Waals surface area contributed by atoms with Crippen LogP contribution in [-0.2, 0) is 17.7 Å². The molecule has 0 aliphatic carbocycles. The Morgan fingerprint density at radius 3 is 2.60 bits per heavy atom. The van der Waals surface area contributed by atoms with Crippen molar-refractivity contribution in [1.29, 1.82) is 0 Å². The van der Waals surface area contributed by atoms with Gasteiger partial charge in [-0.05, 0) is 19.3 Å². The van der Waals surface area contributed by atoms with Gasteiger partial charge >= 0.3 is 5.97 Å². The molecule has 20 heavy (non-hydrogen) atoms. The number of ether oxygens (including phenoxy) is 1. The standard InChI is InChI=1S/C15H27N3O2/c1-5-12-17-13(15(19)20-6-2)14(16)18(12)10-8-7-9-11(3)4/h11H,5-10,16H2,1-4H3. The molecule has 0 spiro atoms. The van der Waals surface area contributed by atoms with Gasteiger partial charge in [-0.1, -0.05) is 33.6 Å². The van der Waals surface area contributed by atoms with Crippen LogP contribution in [0, 0.1) is 5.92 Å². The molecule has 1 rings (SSSR count). The van der Waals surface area contributed by atoms with Gasteiger partial charge in [-0.3, -0.25) is 0 Å². The van der Waals surface area contributed by atoms with Gasteiger partial charge in [0.05, 0.1) is 6.61 Å². The molecule has 0 amide bonds. The number of nitrogen functional groups attached to an aromatic ring is 1. The lowest BCUT2D eigenvalue weighted by molar-refractivity contribution is 0.0521. The van der Waals surface area contributed by atoms with Crippen LogP contribution in [0.1, 0.15) is 63.3 Å². The normalized spacial score (nSPS) is 11.1. The predicted molar refractivity (Wildman–Crippen MR) is 80.7 cm³/mol. The molecule has 5 heteroatoms. The lowest BCUT2D eigenvalue weighted by atomic mass is 10.1. The molecule has 2 N–H and O–H groups in total. The molecule has 5 nitrogen and oxygen atoms in total. The number of hydrogen-bond donors (Lipinski definition) is 1. The van der Waals surface area contributed by atoms with Crippen LogP contribution < -0.4 is 5.73 Å². The van der Waals surface area contributed by atoms with E-state index in [1.165, 1.54) is 6.42 Å². The number of nitrogens with zero attached hydrogens (tertiary/aromatic N) is 2. The molecule has 0 saturated heterocycles. The maximum absolute atomic E-state index is 11.8. The molecule has 0 bridgehead atoms. The minimum absolute atomic E-state index is 0.257. The summed E-state index contributed by atoms with van der Waals surface area (Å²) < 4.78 is 6.93. The third-order valence-electron chi connectivity index (χ3n) is 3.28. The Kier molecular flexibility index (Phi) is 6.55. The molecule has 0 aliphatic rings. The van der Waals surface area contributed by atoms with E-state index in [0.717, 1.165) is 37.5 Å². The monoisotopic (exact) mass is 281 g/mol. The highest BCUT2D eigenvalue weighted by molar-refractivity contribution is 5.92. The van der Waals surface area contributed by atoms with Gasteiger partial charge in [0, 0.05) is 13.0 Å². The van der Waals surface area contributed by atoms with E-state index in [9.17, 15) is 4.79 Å². The zero-order valence-electron chi connectivity index (χ0n) is 13.1. The Balaban J connectivity index is 2.76. The van der Waals surface area contributed by atoms with E-state index in [-0.39, 0.29) is 5.69 Å². The summed E-state index contributed by atoms with van der Waals surface area (Å²) in [6.45, 7) is 9.39. The fourth-order valence-electron chi connectivity index (χ4n) is 2.21. The Morgan fingerprint density at radius 1 is 1.35 bits per heavy atom. The number of rotatable bonds is 8. The number of unbranched alkanes of at least 4 members (excludes halogenated alkanes) is 1.